The van der Waals surface area contributed by atoms with Gasteiger partial charge in [0.15, 0.2) is 0 Å². The molecule has 1 N–H and O–H groups in total. The summed E-state index contributed by atoms with van der Waals surface area (Å²) in [6, 6.07) is 10.3. The molecule has 0 radical (unpaired) electrons. The van der Waals surface area contributed by atoms with E-state index in [9.17, 15) is 4.79 Å². The quantitative estimate of drug-likeness (QED) is 0.473. The standard InChI is InChI=1S/C11H11NOS/c13-6-3-7-14-11-8-9-4-1-2-5-10(9)12-11/h1-2,4-6,8,12H,3,7H2. The number of thioether (sulfide) groups is 1. The number of carbonyl (C=O) groups excluding carboxylic acids is 1. The van der Waals surface area contributed by atoms with Crippen LogP contribution >= 0.6 is 11.8 Å². The number of H-pyrrole nitrogens is 1. The van der Waals surface area contributed by atoms with Gasteiger partial charge in [0.05, 0.1) is 5.03 Å². The first-order chi connectivity index (χ1) is 6.90. The highest BCUT2D eigenvalue weighted by Gasteiger charge is 1.99. The summed E-state index contributed by atoms with van der Waals surface area (Å²) < 4.78 is 0. The Balaban J connectivity index is 2.14. The third kappa shape index (κ3) is 1.99. The molecule has 2 nitrogen and oxygen atoms in total. The number of hydrogen-bond donors (Lipinski definition) is 1. The molecule has 14 heavy (non-hydrogen) atoms. The zero-order chi connectivity index (χ0) is 9.80. The van der Waals surface area contributed by atoms with E-state index in [1.54, 1.807) is 11.8 Å². The van der Waals surface area contributed by atoms with Crippen molar-refractivity contribution in [2.45, 2.75) is 11.4 Å². The summed E-state index contributed by atoms with van der Waals surface area (Å²) in [4.78, 5) is 13.4. The van der Waals surface area contributed by atoms with E-state index in [1.165, 1.54) is 5.39 Å². The molecule has 0 bridgehead atoms. The summed E-state index contributed by atoms with van der Waals surface area (Å²) >= 11 is 1.68. The minimum atomic E-state index is 0.611. The number of nitrogens with one attached hydrogen (secondary N) is 1. The molecule has 0 spiro atoms. The lowest BCUT2D eigenvalue weighted by Crippen LogP contribution is -1.79. The molecule has 0 saturated heterocycles. The lowest BCUT2D eigenvalue weighted by atomic mass is 10.3. The van der Waals surface area contributed by atoms with E-state index in [4.69, 9.17) is 0 Å². The molecule has 0 fully saturated rings. The third-order valence-corrected chi connectivity index (χ3v) is 2.97. The monoisotopic (exact) mass is 205 g/mol. The first-order valence-electron chi connectivity index (χ1n) is 4.54. The molecule has 0 aliphatic carbocycles. The Bertz CT molecular complexity index is 403. The van der Waals surface area contributed by atoms with Crippen LogP contribution in [0.4, 0.5) is 0 Å². The van der Waals surface area contributed by atoms with Gasteiger partial charge < -0.3 is 9.78 Å². The molecule has 0 aliphatic rings. The molecule has 0 amide bonds. The number of hydrogen-bond acceptors (Lipinski definition) is 2. The van der Waals surface area contributed by atoms with Crippen molar-refractivity contribution < 1.29 is 4.79 Å². The molecule has 2 rings (SSSR count). The van der Waals surface area contributed by atoms with Gasteiger partial charge in [-0.05, 0) is 12.1 Å². The van der Waals surface area contributed by atoms with Crippen molar-refractivity contribution in [3.05, 3.63) is 30.3 Å². The van der Waals surface area contributed by atoms with Crippen molar-refractivity contribution in [1.82, 2.24) is 4.98 Å². The van der Waals surface area contributed by atoms with Crippen molar-refractivity contribution in [2.24, 2.45) is 0 Å². The summed E-state index contributed by atoms with van der Waals surface area (Å²) in [5, 5.41) is 2.36. The van der Waals surface area contributed by atoms with Crippen LogP contribution in [0.3, 0.4) is 0 Å². The molecule has 0 unspecified atom stereocenters. The third-order valence-electron chi connectivity index (χ3n) is 2.00. The van der Waals surface area contributed by atoms with E-state index in [-0.39, 0.29) is 0 Å². The summed E-state index contributed by atoms with van der Waals surface area (Å²) in [6.45, 7) is 0. The zero-order valence-electron chi connectivity index (χ0n) is 7.69. The fourth-order valence-corrected chi connectivity index (χ4v) is 2.17. The van der Waals surface area contributed by atoms with Crippen LogP contribution in [0.15, 0.2) is 35.4 Å². The van der Waals surface area contributed by atoms with E-state index in [0.717, 1.165) is 22.6 Å². The first kappa shape index (κ1) is 9.34. The van der Waals surface area contributed by atoms with E-state index in [2.05, 4.69) is 23.2 Å². The maximum Gasteiger partial charge on any atom is 0.120 e. The summed E-state index contributed by atoms with van der Waals surface area (Å²) in [5.74, 6) is 0.844. The lowest BCUT2D eigenvalue weighted by molar-refractivity contribution is -0.107. The van der Waals surface area contributed by atoms with Crippen molar-refractivity contribution in [1.29, 1.82) is 0 Å². The molecule has 0 aliphatic heterocycles. The first-order valence-corrected chi connectivity index (χ1v) is 5.53. The second kappa shape index (κ2) is 4.33. The number of aromatic nitrogens is 1. The number of aromatic amines is 1. The van der Waals surface area contributed by atoms with Crippen LogP contribution in [0.2, 0.25) is 0 Å². The van der Waals surface area contributed by atoms with Crippen molar-refractivity contribution in [2.75, 3.05) is 5.75 Å². The normalized spacial score (nSPS) is 10.6. The summed E-state index contributed by atoms with van der Waals surface area (Å²) in [7, 11) is 0. The number of aldehydes is 1. The Morgan fingerprint density at radius 1 is 1.36 bits per heavy atom. The second-order valence-electron chi connectivity index (χ2n) is 3.02. The van der Waals surface area contributed by atoms with Crippen molar-refractivity contribution >= 4 is 29.0 Å². The Morgan fingerprint density at radius 2 is 2.21 bits per heavy atom. The fourth-order valence-electron chi connectivity index (χ4n) is 1.34. The van der Waals surface area contributed by atoms with Gasteiger partial charge in [-0.25, -0.2) is 0 Å². The van der Waals surface area contributed by atoms with Crippen molar-refractivity contribution in [3.63, 3.8) is 0 Å². The topological polar surface area (TPSA) is 32.9 Å². The summed E-state index contributed by atoms with van der Waals surface area (Å²) in [5.41, 5.74) is 1.15. The Kier molecular flexibility index (Phi) is 2.89. The Morgan fingerprint density at radius 3 is 3.00 bits per heavy atom. The molecule has 2 aromatic rings. The Hall–Kier alpha value is -1.22. The molecular formula is C11H11NOS. The smallest absolute Gasteiger partial charge is 0.120 e. The number of carbonyl (C=O) groups is 1. The molecular weight excluding hydrogens is 194 g/mol. The molecule has 0 saturated carbocycles. The predicted octanol–water partition coefficient (Wildman–Crippen LogP) is 2.85. The van der Waals surface area contributed by atoms with Gasteiger partial charge in [0.2, 0.25) is 0 Å². The fraction of sp³-hybridized carbons (Fsp3) is 0.182. The maximum atomic E-state index is 10.1. The van der Waals surface area contributed by atoms with Crippen LogP contribution in [-0.2, 0) is 4.79 Å². The van der Waals surface area contributed by atoms with Gasteiger partial charge in [-0.15, -0.1) is 11.8 Å². The van der Waals surface area contributed by atoms with Crippen LogP contribution in [0, 0.1) is 0 Å². The average molecular weight is 205 g/mol. The maximum absolute atomic E-state index is 10.1. The van der Waals surface area contributed by atoms with E-state index < -0.39 is 0 Å². The van der Waals surface area contributed by atoms with Gasteiger partial charge in [-0.3, -0.25) is 0 Å². The predicted molar refractivity (Wildman–Crippen MR) is 59.7 cm³/mol. The van der Waals surface area contributed by atoms with E-state index >= 15 is 0 Å². The number of fused-ring (bicyclic) bond motifs is 1. The van der Waals surface area contributed by atoms with Crippen LogP contribution in [0.1, 0.15) is 6.42 Å². The van der Waals surface area contributed by atoms with E-state index in [1.807, 2.05) is 12.1 Å². The second-order valence-corrected chi connectivity index (χ2v) is 4.16. The molecule has 1 aromatic carbocycles. The lowest BCUT2D eigenvalue weighted by Gasteiger charge is -1.91. The molecule has 1 aromatic heterocycles. The number of benzene rings is 1. The number of rotatable bonds is 4. The van der Waals surface area contributed by atoms with Crippen LogP contribution < -0.4 is 0 Å². The van der Waals surface area contributed by atoms with Crippen molar-refractivity contribution in [3.8, 4) is 0 Å². The minimum absolute atomic E-state index is 0.611. The molecule has 72 valence electrons. The van der Waals surface area contributed by atoms with Gasteiger partial charge >= 0.3 is 0 Å². The SMILES string of the molecule is O=CCCSc1cc2ccccc2[nH]1. The average Bonchev–Trinajstić information content (AvgIpc) is 2.60. The largest absolute Gasteiger partial charge is 0.350 e. The van der Waals surface area contributed by atoms with Crippen LogP contribution in [-0.4, -0.2) is 17.0 Å². The van der Waals surface area contributed by atoms with Gasteiger partial charge in [0.25, 0.3) is 0 Å². The van der Waals surface area contributed by atoms with Crippen LogP contribution in [0.5, 0.6) is 0 Å². The highest BCUT2D eigenvalue weighted by atomic mass is 32.2. The number of para-hydroxylation sites is 1. The van der Waals surface area contributed by atoms with Gasteiger partial charge in [0, 0.05) is 23.1 Å². The molecule has 3 heteroatoms. The van der Waals surface area contributed by atoms with Gasteiger partial charge in [0.1, 0.15) is 6.29 Å². The summed E-state index contributed by atoms with van der Waals surface area (Å²) in [6.07, 6.45) is 1.57. The molecule has 0 atom stereocenters. The molecule has 1 heterocycles. The van der Waals surface area contributed by atoms with E-state index in [0.29, 0.717) is 6.42 Å². The highest BCUT2D eigenvalue weighted by Crippen LogP contribution is 2.23. The van der Waals surface area contributed by atoms with Gasteiger partial charge in [-0.2, -0.15) is 0 Å². The zero-order valence-corrected chi connectivity index (χ0v) is 8.51. The van der Waals surface area contributed by atoms with Gasteiger partial charge in [-0.1, -0.05) is 18.2 Å². The Labute approximate surface area is 86.7 Å². The van der Waals surface area contributed by atoms with Crippen LogP contribution in [0.25, 0.3) is 10.9 Å². The highest BCUT2D eigenvalue weighted by molar-refractivity contribution is 7.99. The minimum Gasteiger partial charge on any atom is -0.350 e.